The van der Waals surface area contributed by atoms with E-state index in [1.54, 1.807) is 32.0 Å². The minimum absolute atomic E-state index is 0.0262. The predicted octanol–water partition coefficient (Wildman–Crippen LogP) is 8.68. The number of rotatable bonds is 10. The lowest BCUT2D eigenvalue weighted by Crippen LogP contribution is -2.68. The van der Waals surface area contributed by atoms with Gasteiger partial charge < -0.3 is 19.6 Å². The van der Waals surface area contributed by atoms with Crippen LogP contribution in [0.25, 0.3) is 0 Å². The van der Waals surface area contributed by atoms with Crippen molar-refractivity contribution in [2.45, 2.75) is 88.8 Å². The van der Waals surface area contributed by atoms with Crippen LogP contribution in [-0.4, -0.2) is 62.4 Å². The fourth-order valence-corrected chi connectivity index (χ4v) is 8.05. The zero-order chi connectivity index (χ0) is 37.3. The van der Waals surface area contributed by atoms with E-state index >= 15 is 4.79 Å². The zero-order valence-corrected chi connectivity index (χ0v) is 29.3. The molecular weight excluding hydrogens is 724 g/mol. The molecule has 4 heterocycles. The Kier molecular flexibility index (Phi) is 11.3. The summed E-state index contributed by atoms with van der Waals surface area (Å²) in [5.74, 6) is -4.09. The molecule has 16 heteroatoms. The smallest absolute Gasteiger partial charge is 0.425 e. The lowest BCUT2D eigenvalue weighted by molar-refractivity contribution is -0.163. The number of carbonyl (C=O) groups excluding carboxylic acids is 2. The molecule has 2 amide bonds. The van der Waals surface area contributed by atoms with E-state index in [2.05, 4.69) is 4.98 Å². The Bertz CT molecular complexity index is 1770. The maximum atomic E-state index is 15.3. The quantitative estimate of drug-likeness (QED) is 0.208. The molecule has 1 unspecified atom stereocenters. The number of halogens is 7. The van der Waals surface area contributed by atoms with Crippen molar-refractivity contribution in [1.29, 1.82) is 0 Å². The number of pyridine rings is 1. The zero-order valence-electron chi connectivity index (χ0n) is 27.7. The van der Waals surface area contributed by atoms with Gasteiger partial charge in [-0.3, -0.25) is 19.4 Å². The molecule has 2 aliphatic rings. The number of thiophene rings is 1. The van der Waals surface area contributed by atoms with Crippen molar-refractivity contribution >= 4 is 40.7 Å². The lowest BCUT2D eigenvalue weighted by Gasteiger charge is -2.51. The number of carbonyl (C=O) groups is 3. The minimum atomic E-state index is -4.93. The molecular formula is C35H36ClF6N3O5S. The molecule has 4 atom stereocenters. The third-order valence-corrected chi connectivity index (χ3v) is 10.8. The molecule has 8 nitrogen and oxygen atoms in total. The van der Waals surface area contributed by atoms with Crippen molar-refractivity contribution in [2.24, 2.45) is 5.92 Å². The fourth-order valence-electron chi connectivity index (χ4n) is 7.20. The van der Waals surface area contributed by atoms with Gasteiger partial charge in [-0.2, -0.15) is 26.3 Å². The van der Waals surface area contributed by atoms with Crippen LogP contribution >= 0.6 is 22.9 Å². The van der Waals surface area contributed by atoms with Crippen LogP contribution < -0.4 is 4.74 Å². The van der Waals surface area contributed by atoms with Crippen LogP contribution in [0.3, 0.4) is 0 Å². The molecule has 2 aliphatic heterocycles. The number of aliphatic carboxylic acids is 1. The Hall–Kier alpha value is -3.85. The first-order valence-electron chi connectivity index (χ1n) is 16.5. The number of carboxylic acid groups (broad SMARTS) is 1. The van der Waals surface area contributed by atoms with Gasteiger partial charge in [0.15, 0.2) is 0 Å². The van der Waals surface area contributed by atoms with E-state index in [0.29, 0.717) is 34.8 Å². The van der Waals surface area contributed by atoms with Gasteiger partial charge in [-0.1, -0.05) is 37.9 Å². The summed E-state index contributed by atoms with van der Waals surface area (Å²) in [5.41, 5.74) is -2.79. The second kappa shape index (κ2) is 15.0. The van der Waals surface area contributed by atoms with E-state index < -0.39 is 69.9 Å². The second-order valence-electron chi connectivity index (χ2n) is 12.7. The summed E-state index contributed by atoms with van der Waals surface area (Å²) in [6.45, 7) is 3.43. The SMILES string of the molecule is CCC[C@H]1N(C(=O)c2ncccc2C(F)(F)F)CCC[C@@]1(Oc1csc(C(F)(F)F)c1)C(=O)N1CCc2ccc(Cl)cc2[C@@H]1CC(CC)C(=O)O. The van der Waals surface area contributed by atoms with Crippen molar-refractivity contribution in [3.8, 4) is 5.75 Å². The Balaban J connectivity index is 1.67. The van der Waals surface area contributed by atoms with Crippen LogP contribution in [0.15, 0.2) is 48.0 Å². The van der Waals surface area contributed by atoms with Crippen LogP contribution in [0.5, 0.6) is 5.75 Å². The molecule has 0 radical (unpaired) electrons. The Morgan fingerprint density at radius 1 is 1.08 bits per heavy atom. The van der Waals surface area contributed by atoms with E-state index in [0.717, 1.165) is 40.2 Å². The molecule has 3 aromatic rings. The number of likely N-dealkylation sites (tertiary alicyclic amines) is 1. The summed E-state index contributed by atoms with van der Waals surface area (Å²) in [7, 11) is 0. The van der Waals surface area contributed by atoms with Crippen LogP contribution in [0.1, 0.15) is 90.5 Å². The maximum absolute atomic E-state index is 15.3. The molecule has 0 saturated carbocycles. The van der Waals surface area contributed by atoms with Crippen molar-refractivity contribution < 1.29 is 50.6 Å². The van der Waals surface area contributed by atoms with Crippen molar-refractivity contribution in [2.75, 3.05) is 13.1 Å². The number of fused-ring (bicyclic) bond motifs is 1. The van der Waals surface area contributed by atoms with Gasteiger partial charge in [0.05, 0.1) is 23.6 Å². The molecule has 5 rings (SSSR count). The van der Waals surface area contributed by atoms with E-state index in [1.807, 2.05) is 0 Å². The Morgan fingerprint density at radius 3 is 2.45 bits per heavy atom. The molecule has 1 fully saturated rings. The summed E-state index contributed by atoms with van der Waals surface area (Å²) in [5, 5.41) is 11.5. The van der Waals surface area contributed by atoms with Gasteiger partial charge in [0.25, 0.3) is 11.8 Å². The lowest BCUT2D eigenvalue weighted by atomic mass is 9.78. The molecule has 1 aromatic carbocycles. The first-order valence-corrected chi connectivity index (χ1v) is 17.8. The monoisotopic (exact) mass is 759 g/mol. The van der Waals surface area contributed by atoms with E-state index in [4.69, 9.17) is 16.3 Å². The number of hydrogen-bond donors (Lipinski definition) is 1. The van der Waals surface area contributed by atoms with Crippen molar-refractivity contribution in [3.05, 3.63) is 80.3 Å². The number of hydrogen-bond acceptors (Lipinski definition) is 6. The van der Waals surface area contributed by atoms with Crippen LogP contribution in [0, 0.1) is 5.92 Å². The Labute approximate surface area is 299 Å². The molecule has 0 aliphatic carbocycles. The molecule has 276 valence electrons. The number of ether oxygens (including phenoxy) is 1. The number of amides is 2. The highest BCUT2D eigenvalue weighted by atomic mass is 35.5. The topological polar surface area (TPSA) is 100 Å². The number of piperidine rings is 1. The predicted molar refractivity (Wildman–Crippen MR) is 177 cm³/mol. The van der Waals surface area contributed by atoms with E-state index in [1.165, 1.54) is 4.90 Å². The van der Waals surface area contributed by atoms with Crippen LogP contribution in [0.2, 0.25) is 5.02 Å². The fraction of sp³-hybridized carbons (Fsp3) is 0.486. The molecule has 1 saturated heterocycles. The number of alkyl halides is 6. The van der Waals surface area contributed by atoms with Gasteiger partial charge in [-0.05, 0) is 67.5 Å². The van der Waals surface area contributed by atoms with Gasteiger partial charge in [0, 0.05) is 42.2 Å². The maximum Gasteiger partial charge on any atom is 0.425 e. The standard InChI is InChI=1S/C35H36ClF6N3O5S/c1-3-7-27-33(50-23-18-28(51-19-23)35(40,41)42,12-6-14-45(27)30(46)29-25(34(37,38)39)8-5-13-43-29)32(49)44-15-11-21-9-10-22(36)17-24(21)26(44)16-20(4-2)31(47)48/h5,8-10,13,17-20,26-27H,3-4,6-7,11-12,14-16H2,1-2H3,(H,47,48)/t20?,26-,27+,33-/m0/s1. The highest BCUT2D eigenvalue weighted by Gasteiger charge is 2.57. The summed E-state index contributed by atoms with van der Waals surface area (Å²) in [6.07, 6.45) is -7.76. The number of carboxylic acids is 1. The van der Waals surface area contributed by atoms with Gasteiger partial charge in [-0.25, -0.2) is 0 Å². The Morgan fingerprint density at radius 2 is 1.82 bits per heavy atom. The number of aromatic nitrogens is 1. The third-order valence-electron chi connectivity index (χ3n) is 9.59. The van der Waals surface area contributed by atoms with Gasteiger partial charge in [-0.15, -0.1) is 11.3 Å². The van der Waals surface area contributed by atoms with Crippen molar-refractivity contribution in [3.63, 3.8) is 0 Å². The largest absolute Gasteiger partial charge is 0.481 e. The number of benzene rings is 1. The molecule has 2 aromatic heterocycles. The summed E-state index contributed by atoms with van der Waals surface area (Å²) in [4.78, 5) is 47.0. The summed E-state index contributed by atoms with van der Waals surface area (Å²) in [6, 6.07) is 5.56. The second-order valence-corrected chi connectivity index (χ2v) is 14.1. The summed E-state index contributed by atoms with van der Waals surface area (Å²) < 4.78 is 89.8. The van der Waals surface area contributed by atoms with Crippen LogP contribution in [-0.2, 0) is 28.4 Å². The molecule has 0 spiro atoms. The van der Waals surface area contributed by atoms with Gasteiger partial charge in [0.2, 0.25) is 5.60 Å². The highest BCUT2D eigenvalue weighted by Crippen LogP contribution is 2.45. The van der Waals surface area contributed by atoms with E-state index in [9.17, 15) is 41.0 Å². The van der Waals surface area contributed by atoms with Crippen LogP contribution in [0.4, 0.5) is 26.3 Å². The highest BCUT2D eigenvalue weighted by molar-refractivity contribution is 7.10. The van der Waals surface area contributed by atoms with Crippen molar-refractivity contribution in [1.82, 2.24) is 14.8 Å². The normalized spacial score (nSPS) is 21.6. The van der Waals surface area contributed by atoms with E-state index in [-0.39, 0.29) is 50.9 Å². The van der Waals surface area contributed by atoms with Gasteiger partial charge >= 0.3 is 18.3 Å². The molecule has 1 N–H and O–H groups in total. The first kappa shape index (κ1) is 38.4. The minimum Gasteiger partial charge on any atom is -0.481 e. The average Bonchev–Trinajstić information content (AvgIpc) is 3.56. The average molecular weight is 760 g/mol. The number of nitrogens with zero attached hydrogens (tertiary/aromatic N) is 3. The van der Waals surface area contributed by atoms with Gasteiger partial charge in [0.1, 0.15) is 16.3 Å². The summed E-state index contributed by atoms with van der Waals surface area (Å²) >= 11 is 6.73. The molecule has 0 bridgehead atoms. The first-order chi connectivity index (χ1) is 24.0. The molecule has 51 heavy (non-hydrogen) atoms. The third kappa shape index (κ3) is 7.84.